The van der Waals surface area contributed by atoms with E-state index in [1.54, 1.807) is 6.20 Å². The Morgan fingerprint density at radius 3 is 3.20 bits per heavy atom. The second-order valence-corrected chi connectivity index (χ2v) is 2.46. The Kier molecular flexibility index (Phi) is 1.14. The lowest BCUT2D eigenvalue weighted by Gasteiger charge is -1.82. The van der Waals surface area contributed by atoms with Gasteiger partial charge in [-0.25, -0.2) is 9.97 Å². The van der Waals surface area contributed by atoms with Gasteiger partial charge >= 0.3 is 0 Å². The first kappa shape index (κ1) is 5.73. The minimum absolute atomic E-state index is 0.815. The Morgan fingerprint density at radius 1 is 1.50 bits per heavy atom. The van der Waals surface area contributed by atoms with Crippen LogP contribution in [0.25, 0.3) is 11.0 Å². The summed E-state index contributed by atoms with van der Waals surface area (Å²) in [5.41, 5.74) is 0.833. The SMILES string of the molecule is Sc1cc2cncnc2[nH]1. The fourth-order valence-electron chi connectivity index (χ4n) is 0.855. The van der Waals surface area contributed by atoms with E-state index in [2.05, 4.69) is 27.6 Å². The Hall–Kier alpha value is -1.03. The van der Waals surface area contributed by atoms with Crippen molar-refractivity contribution in [1.29, 1.82) is 0 Å². The van der Waals surface area contributed by atoms with E-state index in [-0.39, 0.29) is 0 Å². The van der Waals surface area contributed by atoms with Gasteiger partial charge in [0.2, 0.25) is 0 Å². The molecule has 50 valence electrons. The van der Waals surface area contributed by atoms with Gasteiger partial charge in [0.1, 0.15) is 12.0 Å². The van der Waals surface area contributed by atoms with Crippen LogP contribution in [0.15, 0.2) is 23.6 Å². The van der Waals surface area contributed by atoms with Crippen LogP contribution in [0.2, 0.25) is 0 Å². The molecular weight excluding hydrogens is 146 g/mol. The summed E-state index contributed by atoms with van der Waals surface area (Å²) in [5.74, 6) is 0. The summed E-state index contributed by atoms with van der Waals surface area (Å²) in [7, 11) is 0. The minimum atomic E-state index is 0.815. The van der Waals surface area contributed by atoms with E-state index in [9.17, 15) is 0 Å². The highest BCUT2D eigenvalue weighted by atomic mass is 32.1. The average Bonchev–Trinajstić information content (AvgIpc) is 2.27. The number of nitrogens with one attached hydrogen (secondary N) is 1. The molecule has 0 saturated heterocycles. The van der Waals surface area contributed by atoms with Crippen molar-refractivity contribution in [3.05, 3.63) is 18.6 Å². The molecule has 0 radical (unpaired) electrons. The van der Waals surface area contributed by atoms with E-state index in [4.69, 9.17) is 0 Å². The summed E-state index contributed by atoms with van der Waals surface area (Å²) < 4.78 is 0. The third-order valence-electron chi connectivity index (χ3n) is 1.28. The fourth-order valence-corrected chi connectivity index (χ4v) is 1.10. The van der Waals surface area contributed by atoms with Crippen molar-refractivity contribution in [1.82, 2.24) is 15.0 Å². The quantitative estimate of drug-likeness (QED) is 0.556. The summed E-state index contributed by atoms with van der Waals surface area (Å²) in [6, 6.07) is 1.89. The van der Waals surface area contributed by atoms with Gasteiger partial charge in [-0.3, -0.25) is 0 Å². The van der Waals surface area contributed by atoms with Gasteiger partial charge in [-0.2, -0.15) is 0 Å². The van der Waals surface area contributed by atoms with Crippen LogP contribution in [0, 0.1) is 0 Å². The molecule has 0 aliphatic carbocycles. The average molecular weight is 151 g/mol. The van der Waals surface area contributed by atoms with Crippen molar-refractivity contribution in [2.45, 2.75) is 5.03 Å². The predicted octanol–water partition coefficient (Wildman–Crippen LogP) is 1.25. The molecule has 0 amide bonds. The molecule has 0 aliphatic rings. The van der Waals surface area contributed by atoms with Crippen molar-refractivity contribution in [3.8, 4) is 0 Å². The molecule has 3 nitrogen and oxygen atoms in total. The zero-order chi connectivity index (χ0) is 6.97. The number of thiol groups is 1. The lowest BCUT2D eigenvalue weighted by Crippen LogP contribution is -1.75. The molecule has 0 saturated carbocycles. The summed E-state index contributed by atoms with van der Waals surface area (Å²) in [6.07, 6.45) is 3.25. The number of hydrogen-bond acceptors (Lipinski definition) is 3. The third-order valence-corrected chi connectivity index (χ3v) is 1.52. The molecule has 1 N–H and O–H groups in total. The normalized spacial score (nSPS) is 10.5. The van der Waals surface area contributed by atoms with Gasteiger partial charge in [0.15, 0.2) is 0 Å². The molecular formula is C6H5N3S. The van der Waals surface area contributed by atoms with Crippen LogP contribution in [0.4, 0.5) is 0 Å². The van der Waals surface area contributed by atoms with Crippen molar-refractivity contribution < 1.29 is 0 Å². The molecule has 2 heterocycles. The second-order valence-electron chi connectivity index (χ2n) is 1.98. The number of nitrogens with zero attached hydrogens (tertiary/aromatic N) is 2. The topological polar surface area (TPSA) is 41.6 Å². The van der Waals surface area contributed by atoms with Crippen molar-refractivity contribution in [2.24, 2.45) is 0 Å². The maximum atomic E-state index is 4.12. The molecule has 4 heteroatoms. The zero-order valence-electron chi connectivity index (χ0n) is 5.07. The van der Waals surface area contributed by atoms with Crippen molar-refractivity contribution >= 4 is 23.7 Å². The summed E-state index contributed by atoms with van der Waals surface area (Å²) >= 11 is 4.12. The maximum Gasteiger partial charge on any atom is 0.141 e. The summed E-state index contributed by atoms with van der Waals surface area (Å²) in [5, 5.41) is 1.81. The Balaban J connectivity index is 2.88. The highest BCUT2D eigenvalue weighted by Gasteiger charge is 1.95. The number of aromatic nitrogens is 3. The number of aromatic amines is 1. The largest absolute Gasteiger partial charge is 0.335 e. The molecule has 2 aromatic heterocycles. The first-order valence-electron chi connectivity index (χ1n) is 2.84. The smallest absolute Gasteiger partial charge is 0.141 e. The number of fused-ring (bicyclic) bond motifs is 1. The van der Waals surface area contributed by atoms with E-state index in [1.807, 2.05) is 6.07 Å². The van der Waals surface area contributed by atoms with Crippen LogP contribution in [-0.2, 0) is 0 Å². The van der Waals surface area contributed by atoms with E-state index in [0.717, 1.165) is 16.1 Å². The number of H-pyrrole nitrogens is 1. The molecule has 0 aromatic carbocycles. The first-order chi connectivity index (χ1) is 4.86. The Morgan fingerprint density at radius 2 is 2.40 bits per heavy atom. The van der Waals surface area contributed by atoms with Crippen molar-refractivity contribution in [2.75, 3.05) is 0 Å². The molecule has 10 heavy (non-hydrogen) atoms. The lowest BCUT2D eigenvalue weighted by atomic mass is 10.4. The predicted molar refractivity (Wildman–Crippen MR) is 41.1 cm³/mol. The van der Waals surface area contributed by atoms with Crippen LogP contribution in [0.5, 0.6) is 0 Å². The molecule has 0 spiro atoms. The monoisotopic (exact) mass is 151 g/mol. The van der Waals surface area contributed by atoms with Crippen LogP contribution in [-0.4, -0.2) is 15.0 Å². The molecule has 0 unspecified atom stereocenters. The highest BCUT2D eigenvalue weighted by Crippen LogP contribution is 2.12. The molecule has 0 bridgehead atoms. The molecule has 2 aromatic rings. The van der Waals surface area contributed by atoms with Gasteiger partial charge < -0.3 is 4.98 Å². The number of rotatable bonds is 0. The lowest BCUT2D eigenvalue weighted by molar-refractivity contribution is 1.17. The van der Waals surface area contributed by atoms with Crippen LogP contribution < -0.4 is 0 Å². The molecule has 0 fully saturated rings. The van der Waals surface area contributed by atoms with Crippen LogP contribution >= 0.6 is 12.6 Å². The van der Waals surface area contributed by atoms with Crippen molar-refractivity contribution in [3.63, 3.8) is 0 Å². The third kappa shape index (κ3) is 0.769. The standard InChI is InChI=1S/C6H5N3S/c10-5-1-4-2-7-3-8-6(4)9-5/h1-3,10H,(H,7,8,9). The van der Waals surface area contributed by atoms with E-state index in [1.165, 1.54) is 6.33 Å². The van der Waals surface area contributed by atoms with Gasteiger partial charge in [-0.15, -0.1) is 12.6 Å². The molecule has 0 atom stereocenters. The summed E-state index contributed by atoms with van der Waals surface area (Å²) in [6.45, 7) is 0. The minimum Gasteiger partial charge on any atom is -0.335 e. The second kappa shape index (κ2) is 1.98. The maximum absolute atomic E-state index is 4.12. The Labute approximate surface area is 62.9 Å². The van der Waals surface area contributed by atoms with Gasteiger partial charge in [-0.1, -0.05) is 0 Å². The van der Waals surface area contributed by atoms with Gasteiger partial charge in [0.05, 0.1) is 5.03 Å². The summed E-state index contributed by atoms with van der Waals surface area (Å²) in [4.78, 5) is 10.8. The highest BCUT2D eigenvalue weighted by molar-refractivity contribution is 7.80. The van der Waals surface area contributed by atoms with Gasteiger partial charge in [0.25, 0.3) is 0 Å². The van der Waals surface area contributed by atoms with Crippen LogP contribution in [0.1, 0.15) is 0 Å². The van der Waals surface area contributed by atoms with E-state index in [0.29, 0.717) is 0 Å². The van der Waals surface area contributed by atoms with Crippen LogP contribution in [0.3, 0.4) is 0 Å². The van der Waals surface area contributed by atoms with Gasteiger partial charge in [0, 0.05) is 11.6 Å². The Bertz CT molecular complexity index is 322. The van der Waals surface area contributed by atoms with E-state index < -0.39 is 0 Å². The zero-order valence-corrected chi connectivity index (χ0v) is 5.97. The first-order valence-corrected chi connectivity index (χ1v) is 3.29. The van der Waals surface area contributed by atoms with E-state index >= 15 is 0 Å². The number of hydrogen-bond donors (Lipinski definition) is 2. The molecule has 0 aliphatic heterocycles. The molecule has 2 rings (SSSR count). The fraction of sp³-hybridized carbons (Fsp3) is 0. The van der Waals surface area contributed by atoms with Gasteiger partial charge in [-0.05, 0) is 6.07 Å².